The third-order valence-corrected chi connectivity index (χ3v) is 2.57. The molecule has 5 nitrogen and oxygen atoms in total. The Kier molecular flexibility index (Phi) is 3.62. The number of aryl methyl sites for hydroxylation is 1. The summed E-state index contributed by atoms with van der Waals surface area (Å²) in [7, 11) is 1.74. The number of aromatic nitrogens is 1. The van der Waals surface area contributed by atoms with Crippen molar-refractivity contribution in [3.63, 3.8) is 0 Å². The Morgan fingerprint density at radius 3 is 2.72 bits per heavy atom. The number of likely N-dealkylation sites (N-methyl/N-ethyl adjacent to an activating group) is 1. The Bertz CT molecular complexity index is 522. The SMILES string of the molecule is Cc1cc(NCC(=O)N(C)c2ccccc2)no1. The predicted octanol–water partition coefficient (Wildman–Crippen LogP) is 2.06. The van der Waals surface area contributed by atoms with Crippen molar-refractivity contribution in [1.82, 2.24) is 5.16 Å². The first-order valence-corrected chi connectivity index (χ1v) is 5.65. The molecule has 2 rings (SSSR count). The van der Waals surface area contributed by atoms with E-state index < -0.39 is 0 Å². The highest BCUT2D eigenvalue weighted by atomic mass is 16.5. The fourth-order valence-corrected chi connectivity index (χ4v) is 1.53. The summed E-state index contributed by atoms with van der Waals surface area (Å²) in [6.07, 6.45) is 0. The summed E-state index contributed by atoms with van der Waals surface area (Å²) in [6.45, 7) is 1.98. The highest BCUT2D eigenvalue weighted by Crippen LogP contribution is 2.11. The van der Waals surface area contributed by atoms with Crippen LogP contribution in [0.1, 0.15) is 5.76 Å². The fourth-order valence-electron chi connectivity index (χ4n) is 1.53. The van der Waals surface area contributed by atoms with Crippen LogP contribution in [0, 0.1) is 6.92 Å². The third kappa shape index (κ3) is 2.88. The lowest BCUT2D eigenvalue weighted by Crippen LogP contribution is -2.32. The van der Waals surface area contributed by atoms with E-state index in [4.69, 9.17) is 4.52 Å². The molecule has 1 amide bonds. The average Bonchev–Trinajstić information content (AvgIpc) is 2.82. The second kappa shape index (κ2) is 5.35. The number of carbonyl (C=O) groups excluding carboxylic acids is 1. The number of anilines is 2. The van der Waals surface area contributed by atoms with E-state index in [-0.39, 0.29) is 12.5 Å². The van der Waals surface area contributed by atoms with Crippen LogP contribution in [0.25, 0.3) is 0 Å². The summed E-state index contributed by atoms with van der Waals surface area (Å²) in [5, 5.41) is 6.68. The molecule has 5 heteroatoms. The van der Waals surface area contributed by atoms with Crippen molar-refractivity contribution >= 4 is 17.4 Å². The zero-order valence-electron chi connectivity index (χ0n) is 10.4. The second-order valence-corrected chi connectivity index (χ2v) is 3.96. The molecule has 0 aliphatic rings. The van der Waals surface area contributed by atoms with E-state index in [0.29, 0.717) is 11.6 Å². The normalized spacial score (nSPS) is 10.1. The van der Waals surface area contributed by atoms with Gasteiger partial charge in [0.25, 0.3) is 0 Å². The van der Waals surface area contributed by atoms with Gasteiger partial charge in [-0.15, -0.1) is 0 Å². The Labute approximate surface area is 105 Å². The predicted molar refractivity (Wildman–Crippen MR) is 69.6 cm³/mol. The van der Waals surface area contributed by atoms with E-state index in [1.165, 1.54) is 0 Å². The third-order valence-electron chi connectivity index (χ3n) is 2.57. The first kappa shape index (κ1) is 12.2. The Morgan fingerprint density at radius 1 is 1.39 bits per heavy atom. The number of amides is 1. The number of rotatable bonds is 4. The van der Waals surface area contributed by atoms with Crippen LogP contribution in [-0.2, 0) is 4.79 Å². The summed E-state index contributed by atoms with van der Waals surface area (Å²) in [6, 6.07) is 11.2. The minimum Gasteiger partial charge on any atom is -0.360 e. The maximum Gasteiger partial charge on any atom is 0.246 e. The van der Waals surface area contributed by atoms with Crippen molar-refractivity contribution in [1.29, 1.82) is 0 Å². The lowest BCUT2D eigenvalue weighted by atomic mass is 10.3. The van der Waals surface area contributed by atoms with Gasteiger partial charge >= 0.3 is 0 Å². The van der Waals surface area contributed by atoms with Gasteiger partial charge in [0.15, 0.2) is 5.82 Å². The lowest BCUT2D eigenvalue weighted by molar-refractivity contribution is -0.116. The number of para-hydroxylation sites is 1. The standard InChI is InChI=1S/C13H15N3O2/c1-10-8-12(15-18-10)14-9-13(17)16(2)11-6-4-3-5-7-11/h3-8H,9H2,1-2H3,(H,14,15). The topological polar surface area (TPSA) is 58.4 Å². The Balaban J connectivity index is 1.92. The van der Waals surface area contributed by atoms with Gasteiger partial charge in [-0.1, -0.05) is 23.4 Å². The monoisotopic (exact) mass is 245 g/mol. The molecule has 0 saturated carbocycles. The number of hydrogen-bond donors (Lipinski definition) is 1. The van der Waals surface area contributed by atoms with E-state index in [1.54, 1.807) is 24.9 Å². The van der Waals surface area contributed by atoms with E-state index in [1.807, 2.05) is 30.3 Å². The molecule has 2 aromatic rings. The molecule has 1 N–H and O–H groups in total. The molecule has 0 spiro atoms. The van der Waals surface area contributed by atoms with E-state index >= 15 is 0 Å². The van der Waals surface area contributed by atoms with E-state index in [9.17, 15) is 4.79 Å². The van der Waals surface area contributed by atoms with Gasteiger partial charge in [0.05, 0.1) is 6.54 Å². The van der Waals surface area contributed by atoms with Crippen LogP contribution in [0.15, 0.2) is 40.9 Å². The van der Waals surface area contributed by atoms with Gasteiger partial charge in [-0.3, -0.25) is 4.79 Å². The number of hydrogen-bond acceptors (Lipinski definition) is 4. The van der Waals surface area contributed by atoms with Crippen LogP contribution < -0.4 is 10.2 Å². The van der Waals surface area contributed by atoms with Crippen molar-refractivity contribution in [2.24, 2.45) is 0 Å². The van der Waals surface area contributed by atoms with Gasteiger partial charge < -0.3 is 14.7 Å². The molecule has 0 fully saturated rings. The number of benzene rings is 1. The van der Waals surface area contributed by atoms with Crippen LogP contribution in [0.2, 0.25) is 0 Å². The fraction of sp³-hybridized carbons (Fsp3) is 0.231. The highest BCUT2D eigenvalue weighted by molar-refractivity contribution is 5.95. The molecule has 1 aromatic heterocycles. The zero-order chi connectivity index (χ0) is 13.0. The zero-order valence-corrected chi connectivity index (χ0v) is 10.4. The summed E-state index contributed by atoms with van der Waals surface area (Å²) < 4.78 is 4.90. The van der Waals surface area contributed by atoms with Crippen molar-refractivity contribution in [3.05, 3.63) is 42.2 Å². The van der Waals surface area contributed by atoms with Gasteiger partial charge in [0.2, 0.25) is 5.91 Å². The van der Waals surface area contributed by atoms with Crippen molar-refractivity contribution < 1.29 is 9.32 Å². The minimum absolute atomic E-state index is 0.0400. The lowest BCUT2D eigenvalue weighted by Gasteiger charge is -2.17. The molecular formula is C13H15N3O2. The number of carbonyl (C=O) groups is 1. The number of nitrogens with zero attached hydrogens (tertiary/aromatic N) is 2. The van der Waals surface area contributed by atoms with E-state index in [2.05, 4.69) is 10.5 Å². The largest absolute Gasteiger partial charge is 0.360 e. The molecule has 0 unspecified atom stereocenters. The molecule has 0 bridgehead atoms. The highest BCUT2D eigenvalue weighted by Gasteiger charge is 2.10. The summed E-state index contributed by atoms with van der Waals surface area (Å²) in [5.41, 5.74) is 0.862. The first-order chi connectivity index (χ1) is 8.66. The summed E-state index contributed by atoms with van der Waals surface area (Å²) >= 11 is 0. The Hall–Kier alpha value is -2.30. The van der Waals surface area contributed by atoms with Crippen molar-refractivity contribution in [2.75, 3.05) is 23.8 Å². The minimum atomic E-state index is -0.0400. The second-order valence-electron chi connectivity index (χ2n) is 3.96. The van der Waals surface area contributed by atoms with Crippen LogP contribution in [0.5, 0.6) is 0 Å². The van der Waals surface area contributed by atoms with Crippen molar-refractivity contribution in [3.8, 4) is 0 Å². The molecule has 0 saturated heterocycles. The van der Waals surface area contributed by atoms with Gasteiger partial charge in [-0.25, -0.2) is 0 Å². The molecule has 18 heavy (non-hydrogen) atoms. The van der Waals surface area contributed by atoms with Gasteiger partial charge in [0.1, 0.15) is 5.76 Å². The maximum absolute atomic E-state index is 11.9. The Morgan fingerprint density at radius 2 is 2.11 bits per heavy atom. The first-order valence-electron chi connectivity index (χ1n) is 5.65. The van der Waals surface area contributed by atoms with E-state index in [0.717, 1.165) is 5.69 Å². The summed E-state index contributed by atoms with van der Waals surface area (Å²) in [5.74, 6) is 1.24. The molecule has 0 atom stereocenters. The van der Waals surface area contributed by atoms with Crippen LogP contribution in [-0.4, -0.2) is 24.7 Å². The summed E-state index contributed by atoms with van der Waals surface area (Å²) in [4.78, 5) is 13.5. The van der Waals surface area contributed by atoms with Gasteiger partial charge in [-0.2, -0.15) is 0 Å². The molecule has 0 radical (unpaired) electrons. The molecule has 94 valence electrons. The quantitative estimate of drug-likeness (QED) is 0.895. The molecule has 0 aliphatic carbocycles. The molecule has 0 aliphatic heterocycles. The van der Waals surface area contributed by atoms with Crippen LogP contribution in [0.3, 0.4) is 0 Å². The molecular weight excluding hydrogens is 230 g/mol. The van der Waals surface area contributed by atoms with Crippen LogP contribution >= 0.6 is 0 Å². The maximum atomic E-state index is 11.9. The van der Waals surface area contributed by atoms with Crippen molar-refractivity contribution in [2.45, 2.75) is 6.92 Å². The molecule has 1 aromatic carbocycles. The van der Waals surface area contributed by atoms with Gasteiger partial charge in [-0.05, 0) is 19.1 Å². The molecule has 1 heterocycles. The smallest absolute Gasteiger partial charge is 0.246 e. The van der Waals surface area contributed by atoms with Crippen LogP contribution in [0.4, 0.5) is 11.5 Å². The van der Waals surface area contributed by atoms with Gasteiger partial charge in [0, 0.05) is 18.8 Å². The average molecular weight is 245 g/mol. The number of nitrogens with one attached hydrogen (secondary N) is 1.